The van der Waals surface area contributed by atoms with Gasteiger partial charge in [-0.15, -0.1) is 0 Å². The molecule has 3 nitrogen and oxygen atoms in total. The van der Waals surface area contributed by atoms with Crippen LogP contribution in [0, 0.1) is 0 Å². The molecular formula is C15H26N2OS. The molecule has 4 heteroatoms. The number of hydrogen-bond acceptors (Lipinski definition) is 3. The molecule has 2 aliphatic heterocycles. The zero-order chi connectivity index (χ0) is 13.5. The monoisotopic (exact) mass is 282 g/mol. The van der Waals surface area contributed by atoms with E-state index in [1.165, 1.54) is 31.4 Å². The van der Waals surface area contributed by atoms with Gasteiger partial charge >= 0.3 is 0 Å². The van der Waals surface area contributed by atoms with Gasteiger partial charge in [-0.05, 0) is 44.8 Å². The summed E-state index contributed by atoms with van der Waals surface area (Å²) in [7, 11) is 0. The van der Waals surface area contributed by atoms with Gasteiger partial charge in [0, 0.05) is 11.3 Å². The molecule has 1 aliphatic carbocycles. The molecule has 1 saturated carbocycles. The number of carbonyl (C=O) groups is 1. The molecule has 1 N–H and O–H groups in total. The van der Waals surface area contributed by atoms with Crippen LogP contribution in [-0.2, 0) is 4.79 Å². The van der Waals surface area contributed by atoms with E-state index < -0.39 is 0 Å². The standard InChI is InChI=1S/C15H26N2OS/c1-3-12-16-15(8-4-5-9-15)13(18)17(12)11-14(2)7-6-10-19-14/h12,16H,3-11H2,1-2H3. The van der Waals surface area contributed by atoms with Gasteiger partial charge in [0.25, 0.3) is 0 Å². The first-order chi connectivity index (χ1) is 9.09. The first-order valence-electron chi connectivity index (χ1n) is 7.81. The van der Waals surface area contributed by atoms with Crippen molar-refractivity contribution in [3.8, 4) is 0 Å². The maximum Gasteiger partial charge on any atom is 0.244 e. The summed E-state index contributed by atoms with van der Waals surface area (Å²) in [6, 6.07) is 0. The zero-order valence-corrected chi connectivity index (χ0v) is 13.0. The number of nitrogens with zero attached hydrogens (tertiary/aromatic N) is 1. The fourth-order valence-electron chi connectivity index (χ4n) is 4.04. The Balaban J connectivity index is 1.77. The third-order valence-electron chi connectivity index (χ3n) is 5.14. The highest BCUT2D eigenvalue weighted by Crippen LogP contribution is 2.42. The van der Waals surface area contributed by atoms with Crippen LogP contribution >= 0.6 is 11.8 Å². The highest BCUT2D eigenvalue weighted by molar-refractivity contribution is 8.00. The maximum absolute atomic E-state index is 12.9. The summed E-state index contributed by atoms with van der Waals surface area (Å²) in [4.78, 5) is 15.1. The normalized spacial score (nSPS) is 37.7. The zero-order valence-electron chi connectivity index (χ0n) is 12.2. The molecule has 1 amide bonds. The van der Waals surface area contributed by atoms with E-state index in [2.05, 4.69) is 35.8 Å². The van der Waals surface area contributed by atoms with Crippen molar-refractivity contribution in [2.45, 2.75) is 75.2 Å². The van der Waals surface area contributed by atoms with Gasteiger partial charge in [0.2, 0.25) is 5.91 Å². The predicted octanol–water partition coefficient (Wildman–Crippen LogP) is 2.75. The van der Waals surface area contributed by atoms with Crippen molar-refractivity contribution >= 4 is 17.7 Å². The van der Waals surface area contributed by atoms with Crippen molar-refractivity contribution in [2.24, 2.45) is 0 Å². The minimum atomic E-state index is -0.194. The van der Waals surface area contributed by atoms with Crippen molar-refractivity contribution < 1.29 is 4.79 Å². The van der Waals surface area contributed by atoms with Gasteiger partial charge in [-0.3, -0.25) is 10.1 Å². The Kier molecular flexibility index (Phi) is 3.59. The molecule has 3 rings (SSSR count). The minimum Gasteiger partial charge on any atom is -0.324 e. The SMILES string of the molecule is CCC1NC2(CCCC2)C(=O)N1CC1(C)CCCS1. The van der Waals surface area contributed by atoms with Crippen LogP contribution in [0.2, 0.25) is 0 Å². The summed E-state index contributed by atoms with van der Waals surface area (Å²) in [5, 5.41) is 3.67. The van der Waals surface area contributed by atoms with Gasteiger partial charge < -0.3 is 4.90 Å². The van der Waals surface area contributed by atoms with Crippen LogP contribution in [-0.4, -0.2) is 39.6 Å². The predicted molar refractivity (Wildman–Crippen MR) is 80.2 cm³/mol. The Morgan fingerprint density at radius 2 is 2.05 bits per heavy atom. The van der Waals surface area contributed by atoms with E-state index in [1.54, 1.807) is 0 Å². The molecule has 3 aliphatic rings. The van der Waals surface area contributed by atoms with E-state index in [9.17, 15) is 4.79 Å². The lowest BCUT2D eigenvalue weighted by Gasteiger charge is -2.32. The van der Waals surface area contributed by atoms with Gasteiger partial charge in [-0.2, -0.15) is 11.8 Å². The third kappa shape index (κ3) is 2.31. The van der Waals surface area contributed by atoms with Crippen molar-refractivity contribution in [3.05, 3.63) is 0 Å². The quantitative estimate of drug-likeness (QED) is 0.864. The van der Waals surface area contributed by atoms with E-state index in [-0.39, 0.29) is 16.5 Å². The van der Waals surface area contributed by atoms with Crippen molar-refractivity contribution in [1.29, 1.82) is 0 Å². The molecule has 0 aromatic heterocycles. The molecule has 0 bridgehead atoms. The molecule has 0 aromatic carbocycles. The third-order valence-corrected chi connectivity index (χ3v) is 6.66. The summed E-state index contributed by atoms with van der Waals surface area (Å²) >= 11 is 2.06. The van der Waals surface area contributed by atoms with E-state index in [4.69, 9.17) is 0 Å². The second kappa shape index (κ2) is 4.96. The highest BCUT2D eigenvalue weighted by atomic mass is 32.2. The van der Waals surface area contributed by atoms with E-state index in [1.807, 2.05) is 0 Å². The summed E-state index contributed by atoms with van der Waals surface area (Å²) in [6.45, 7) is 5.46. The summed E-state index contributed by atoms with van der Waals surface area (Å²) in [5.41, 5.74) is -0.194. The molecule has 1 spiro atoms. The molecule has 0 aromatic rings. The molecule has 19 heavy (non-hydrogen) atoms. The average molecular weight is 282 g/mol. The lowest BCUT2D eigenvalue weighted by Crippen LogP contribution is -2.45. The topological polar surface area (TPSA) is 32.3 Å². The Bertz CT molecular complexity index is 359. The Morgan fingerprint density at radius 3 is 2.63 bits per heavy atom. The maximum atomic E-state index is 12.9. The molecule has 0 radical (unpaired) electrons. The number of nitrogens with one attached hydrogen (secondary N) is 1. The fourth-order valence-corrected chi connectivity index (χ4v) is 5.34. The van der Waals surface area contributed by atoms with Crippen molar-refractivity contribution in [1.82, 2.24) is 10.2 Å². The second-order valence-electron chi connectivity index (χ2n) is 6.69. The van der Waals surface area contributed by atoms with E-state index in [0.29, 0.717) is 5.91 Å². The average Bonchev–Trinajstić information content (AvgIpc) is 3.08. The second-order valence-corrected chi connectivity index (χ2v) is 8.38. The summed E-state index contributed by atoms with van der Waals surface area (Å²) < 4.78 is 0.287. The molecule has 3 fully saturated rings. The van der Waals surface area contributed by atoms with Crippen LogP contribution < -0.4 is 5.32 Å². The van der Waals surface area contributed by atoms with Gasteiger partial charge in [0.15, 0.2) is 0 Å². The molecule has 2 atom stereocenters. The lowest BCUT2D eigenvalue weighted by atomic mass is 9.97. The van der Waals surface area contributed by atoms with Gasteiger partial charge in [0.1, 0.15) is 0 Å². The van der Waals surface area contributed by atoms with Gasteiger partial charge in [-0.25, -0.2) is 0 Å². The molecular weight excluding hydrogens is 256 g/mol. The Hall–Kier alpha value is -0.220. The van der Waals surface area contributed by atoms with E-state index in [0.717, 1.165) is 25.8 Å². The molecule has 2 saturated heterocycles. The first-order valence-corrected chi connectivity index (χ1v) is 8.80. The van der Waals surface area contributed by atoms with Crippen LogP contribution in [0.3, 0.4) is 0 Å². The van der Waals surface area contributed by atoms with Crippen LogP contribution in [0.25, 0.3) is 0 Å². The van der Waals surface area contributed by atoms with Gasteiger partial charge in [0.05, 0.1) is 11.7 Å². The first kappa shape index (κ1) is 13.7. The molecule has 108 valence electrons. The smallest absolute Gasteiger partial charge is 0.244 e. The number of amides is 1. The largest absolute Gasteiger partial charge is 0.324 e. The van der Waals surface area contributed by atoms with E-state index >= 15 is 0 Å². The van der Waals surface area contributed by atoms with Crippen LogP contribution in [0.4, 0.5) is 0 Å². The minimum absolute atomic E-state index is 0.194. The number of thioether (sulfide) groups is 1. The summed E-state index contributed by atoms with van der Waals surface area (Å²) in [6.07, 6.45) is 8.34. The number of hydrogen-bond donors (Lipinski definition) is 1. The van der Waals surface area contributed by atoms with Crippen LogP contribution in [0.5, 0.6) is 0 Å². The van der Waals surface area contributed by atoms with Crippen LogP contribution in [0.1, 0.15) is 58.8 Å². The number of rotatable bonds is 3. The Labute approximate surface area is 120 Å². The fraction of sp³-hybridized carbons (Fsp3) is 0.933. The lowest BCUT2D eigenvalue weighted by molar-refractivity contribution is -0.133. The van der Waals surface area contributed by atoms with Gasteiger partial charge in [-0.1, -0.05) is 19.8 Å². The van der Waals surface area contributed by atoms with Crippen LogP contribution in [0.15, 0.2) is 0 Å². The highest BCUT2D eigenvalue weighted by Gasteiger charge is 2.53. The van der Waals surface area contributed by atoms with Crippen molar-refractivity contribution in [2.75, 3.05) is 12.3 Å². The van der Waals surface area contributed by atoms with Crippen molar-refractivity contribution in [3.63, 3.8) is 0 Å². The number of carbonyl (C=O) groups excluding carboxylic acids is 1. The summed E-state index contributed by atoms with van der Waals surface area (Å²) in [5.74, 6) is 1.65. The molecule has 2 unspecified atom stereocenters. The molecule has 2 heterocycles. The Morgan fingerprint density at radius 1 is 1.32 bits per heavy atom.